The lowest BCUT2D eigenvalue weighted by Gasteiger charge is -2.21. The molecule has 31 heavy (non-hydrogen) atoms. The van der Waals surface area contributed by atoms with Gasteiger partial charge in [-0.3, -0.25) is 0 Å². The van der Waals surface area contributed by atoms with E-state index in [-0.39, 0.29) is 5.41 Å². The van der Waals surface area contributed by atoms with Gasteiger partial charge in [-0.1, -0.05) is 62.4 Å². The Bertz CT molecular complexity index is 1540. The molecule has 0 bridgehead atoms. The standard InChI is InChI=1S/C26H17Br2N3/c1-26(2)19-6-4-3-5-16(19)17-10-8-15(13-20(17)26)21-12-9-14-7-11-18-23(22(14)29-21)30-25(28)31-24(18)27/h3-13H,1-2H3. The molecule has 3 nitrogen and oxygen atoms in total. The van der Waals surface area contributed by atoms with Crippen molar-refractivity contribution < 1.29 is 0 Å². The minimum absolute atomic E-state index is 0.0333. The zero-order valence-corrected chi connectivity index (χ0v) is 20.1. The van der Waals surface area contributed by atoms with Gasteiger partial charge in [0, 0.05) is 21.8 Å². The molecule has 3 aromatic carbocycles. The van der Waals surface area contributed by atoms with Crippen LogP contribution in [0.25, 0.3) is 44.2 Å². The molecule has 1 aliphatic rings. The van der Waals surface area contributed by atoms with Crippen molar-refractivity contribution in [3.63, 3.8) is 0 Å². The fourth-order valence-corrected chi connectivity index (χ4v) is 5.82. The smallest absolute Gasteiger partial charge is 0.198 e. The van der Waals surface area contributed by atoms with Crippen molar-refractivity contribution in [1.29, 1.82) is 0 Å². The van der Waals surface area contributed by atoms with Gasteiger partial charge < -0.3 is 0 Å². The molecule has 5 heteroatoms. The Balaban J connectivity index is 1.57. The van der Waals surface area contributed by atoms with E-state index in [0.717, 1.165) is 37.7 Å². The third kappa shape index (κ3) is 2.80. The molecule has 5 aromatic rings. The summed E-state index contributed by atoms with van der Waals surface area (Å²) < 4.78 is 1.30. The number of hydrogen-bond acceptors (Lipinski definition) is 3. The highest BCUT2D eigenvalue weighted by molar-refractivity contribution is 9.11. The van der Waals surface area contributed by atoms with Crippen LogP contribution in [0.15, 0.2) is 76.1 Å². The van der Waals surface area contributed by atoms with Gasteiger partial charge in [-0.25, -0.2) is 15.0 Å². The SMILES string of the molecule is CC1(C)c2ccccc2-c2ccc(-c3ccc4ccc5c(Br)nc(Br)nc5c4n3)cc21. The Hall–Kier alpha value is -2.63. The van der Waals surface area contributed by atoms with Crippen molar-refractivity contribution in [2.75, 3.05) is 0 Å². The van der Waals surface area contributed by atoms with Crippen LogP contribution >= 0.6 is 31.9 Å². The van der Waals surface area contributed by atoms with E-state index >= 15 is 0 Å². The van der Waals surface area contributed by atoms with Crippen molar-refractivity contribution in [3.05, 3.63) is 87.2 Å². The molecule has 0 saturated carbocycles. The maximum atomic E-state index is 5.05. The van der Waals surface area contributed by atoms with Gasteiger partial charge in [-0.05, 0) is 72.3 Å². The van der Waals surface area contributed by atoms with Crippen molar-refractivity contribution >= 4 is 53.7 Å². The summed E-state index contributed by atoms with van der Waals surface area (Å²) in [7, 11) is 0. The van der Waals surface area contributed by atoms with E-state index in [0.29, 0.717) is 4.73 Å². The first-order valence-corrected chi connectivity index (χ1v) is 11.7. The van der Waals surface area contributed by atoms with Crippen LogP contribution in [0.1, 0.15) is 25.0 Å². The quantitative estimate of drug-likeness (QED) is 0.127. The summed E-state index contributed by atoms with van der Waals surface area (Å²) in [4.78, 5) is 14.0. The Morgan fingerprint density at radius 1 is 0.710 bits per heavy atom. The molecule has 1 aliphatic carbocycles. The van der Waals surface area contributed by atoms with E-state index in [9.17, 15) is 0 Å². The van der Waals surface area contributed by atoms with E-state index in [1.54, 1.807) is 0 Å². The number of fused-ring (bicyclic) bond motifs is 6. The highest BCUT2D eigenvalue weighted by Gasteiger charge is 2.35. The lowest BCUT2D eigenvalue weighted by molar-refractivity contribution is 0.660. The maximum absolute atomic E-state index is 5.05. The first-order valence-electron chi connectivity index (χ1n) is 10.1. The average molecular weight is 531 g/mol. The van der Waals surface area contributed by atoms with Crippen LogP contribution in [0.3, 0.4) is 0 Å². The number of hydrogen-bond donors (Lipinski definition) is 0. The number of halogens is 2. The van der Waals surface area contributed by atoms with Crippen molar-refractivity contribution in [1.82, 2.24) is 15.0 Å². The molecule has 0 atom stereocenters. The van der Waals surface area contributed by atoms with Gasteiger partial charge in [-0.2, -0.15) is 0 Å². The lowest BCUT2D eigenvalue weighted by atomic mass is 9.82. The maximum Gasteiger partial charge on any atom is 0.198 e. The molecule has 2 aromatic heterocycles. The molecule has 2 heterocycles. The van der Waals surface area contributed by atoms with Gasteiger partial charge in [0.2, 0.25) is 0 Å². The number of aromatic nitrogens is 3. The van der Waals surface area contributed by atoms with E-state index < -0.39 is 0 Å². The largest absolute Gasteiger partial charge is 0.245 e. The van der Waals surface area contributed by atoms with Gasteiger partial charge in [0.1, 0.15) is 10.1 Å². The van der Waals surface area contributed by atoms with E-state index in [1.807, 2.05) is 6.07 Å². The minimum atomic E-state index is -0.0333. The Morgan fingerprint density at radius 3 is 2.35 bits per heavy atom. The molecule has 0 saturated heterocycles. The van der Waals surface area contributed by atoms with Crippen LogP contribution in [0, 0.1) is 0 Å². The minimum Gasteiger partial charge on any atom is -0.245 e. The Labute approximate surface area is 196 Å². The summed E-state index contributed by atoms with van der Waals surface area (Å²) in [6, 6.07) is 23.7. The normalized spacial score (nSPS) is 14.1. The van der Waals surface area contributed by atoms with Crippen LogP contribution in [-0.4, -0.2) is 15.0 Å². The van der Waals surface area contributed by atoms with Crippen LogP contribution in [0.5, 0.6) is 0 Å². The van der Waals surface area contributed by atoms with Crippen LogP contribution in [-0.2, 0) is 5.41 Å². The fourth-order valence-electron chi connectivity index (χ4n) is 4.74. The van der Waals surface area contributed by atoms with E-state index in [1.165, 1.54) is 22.3 Å². The average Bonchev–Trinajstić information content (AvgIpc) is 3.00. The van der Waals surface area contributed by atoms with Gasteiger partial charge in [0.25, 0.3) is 0 Å². The molecule has 0 radical (unpaired) electrons. The lowest BCUT2D eigenvalue weighted by Crippen LogP contribution is -2.14. The number of rotatable bonds is 1. The van der Waals surface area contributed by atoms with Crippen molar-refractivity contribution in [2.45, 2.75) is 19.3 Å². The molecule has 0 aliphatic heterocycles. The van der Waals surface area contributed by atoms with Gasteiger partial charge in [0.05, 0.1) is 11.2 Å². The Morgan fingerprint density at radius 2 is 1.48 bits per heavy atom. The zero-order valence-electron chi connectivity index (χ0n) is 16.9. The molecule has 150 valence electrons. The molecular weight excluding hydrogens is 514 g/mol. The highest BCUT2D eigenvalue weighted by Crippen LogP contribution is 2.49. The summed E-state index contributed by atoms with van der Waals surface area (Å²) in [6.07, 6.45) is 0. The monoisotopic (exact) mass is 529 g/mol. The molecule has 0 N–H and O–H groups in total. The molecule has 0 fully saturated rings. The van der Waals surface area contributed by atoms with Crippen LogP contribution in [0.2, 0.25) is 0 Å². The van der Waals surface area contributed by atoms with Crippen LogP contribution in [0.4, 0.5) is 0 Å². The number of nitrogens with zero attached hydrogens (tertiary/aromatic N) is 3. The van der Waals surface area contributed by atoms with Gasteiger partial charge >= 0.3 is 0 Å². The summed E-state index contributed by atoms with van der Waals surface area (Å²) in [5.41, 5.74) is 9.11. The second kappa shape index (κ2) is 6.68. The summed E-state index contributed by atoms with van der Waals surface area (Å²) in [5, 5.41) is 2.01. The number of benzene rings is 3. The second-order valence-corrected chi connectivity index (χ2v) is 9.90. The third-order valence-corrected chi connectivity index (χ3v) is 7.29. The molecular formula is C26H17Br2N3. The summed E-state index contributed by atoms with van der Waals surface area (Å²) >= 11 is 6.96. The summed E-state index contributed by atoms with van der Waals surface area (Å²) in [6.45, 7) is 4.60. The third-order valence-electron chi connectivity index (χ3n) is 6.33. The first-order chi connectivity index (χ1) is 14.9. The van der Waals surface area contributed by atoms with E-state index in [2.05, 4.69) is 116 Å². The topological polar surface area (TPSA) is 38.7 Å². The fraction of sp³-hybridized carbons (Fsp3) is 0.115. The first kappa shape index (κ1) is 19.1. The zero-order chi connectivity index (χ0) is 21.3. The molecule has 0 unspecified atom stereocenters. The molecule has 6 rings (SSSR count). The second-order valence-electron chi connectivity index (χ2n) is 8.44. The Kier molecular flexibility index (Phi) is 4.11. The van der Waals surface area contributed by atoms with Gasteiger partial charge in [0.15, 0.2) is 4.73 Å². The number of pyridine rings is 1. The summed E-state index contributed by atoms with van der Waals surface area (Å²) in [5.74, 6) is 0. The van der Waals surface area contributed by atoms with Crippen LogP contribution < -0.4 is 0 Å². The van der Waals surface area contributed by atoms with E-state index in [4.69, 9.17) is 4.98 Å². The predicted molar refractivity (Wildman–Crippen MR) is 133 cm³/mol. The highest BCUT2D eigenvalue weighted by atomic mass is 79.9. The van der Waals surface area contributed by atoms with Crippen molar-refractivity contribution in [2.24, 2.45) is 0 Å². The molecule has 0 spiro atoms. The van der Waals surface area contributed by atoms with Crippen molar-refractivity contribution in [3.8, 4) is 22.4 Å². The molecule has 0 amide bonds. The predicted octanol–water partition coefficient (Wildman–Crippen LogP) is 7.68. The van der Waals surface area contributed by atoms with Gasteiger partial charge in [-0.15, -0.1) is 0 Å².